The topological polar surface area (TPSA) is 79.9 Å². The summed E-state index contributed by atoms with van der Waals surface area (Å²) in [6.07, 6.45) is 0.788. The predicted octanol–water partition coefficient (Wildman–Crippen LogP) is 4.20. The number of carbonyl (C=O) groups is 1. The molecule has 2 aromatic carbocycles. The Balaban J connectivity index is 1.51. The highest BCUT2D eigenvalue weighted by atomic mass is 32.2. The van der Waals surface area contributed by atoms with Crippen LogP contribution in [0, 0.1) is 6.92 Å². The maximum atomic E-state index is 12.0. The minimum atomic E-state index is -0.106. The van der Waals surface area contributed by atoms with Gasteiger partial charge in [-0.15, -0.1) is 5.10 Å². The van der Waals surface area contributed by atoms with E-state index in [1.165, 1.54) is 11.8 Å². The van der Waals surface area contributed by atoms with Crippen molar-refractivity contribution in [2.24, 2.45) is 0 Å². The number of aromatic amines is 1. The Morgan fingerprint density at radius 3 is 2.69 bits per heavy atom. The van der Waals surface area contributed by atoms with Crippen LogP contribution in [0.15, 0.2) is 53.7 Å². The molecule has 0 atom stereocenters. The number of thioether (sulfide) groups is 1. The predicted molar refractivity (Wildman–Crippen MR) is 103 cm³/mol. The SMILES string of the molecule is CCc1nc(SCC(=O)Nc2ccc(Oc3cccc(C)c3)cc2)n[nH]1. The zero-order valence-electron chi connectivity index (χ0n) is 14.7. The first-order valence-electron chi connectivity index (χ1n) is 8.31. The van der Waals surface area contributed by atoms with Crippen LogP contribution in [-0.4, -0.2) is 26.8 Å². The summed E-state index contributed by atoms with van der Waals surface area (Å²) in [5.74, 6) is 2.47. The van der Waals surface area contributed by atoms with Gasteiger partial charge >= 0.3 is 0 Å². The van der Waals surface area contributed by atoms with Crippen molar-refractivity contribution in [2.45, 2.75) is 25.4 Å². The van der Waals surface area contributed by atoms with Crippen molar-refractivity contribution >= 4 is 23.4 Å². The van der Waals surface area contributed by atoms with Gasteiger partial charge in [0.25, 0.3) is 0 Å². The van der Waals surface area contributed by atoms with Gasteiger partial charge in [-0.25, -0.2) is 4.98 Å². The highest BCUT2D eigenvalue weighted by molar-refractivity contribution is 7.99. The lowest BCUT2D eigenvalue weighted by Gasteiger charge is -2.08. The number of rotatable bonds is 7. The van der Waals surface area contributed by atoms with Crippen molar-refractivity contribution in [3.8, 4) is 11.5 Å². The molecule has 0 aliphatic heterocycles. The molecule has 0 saturated carbocycles. The Bertz CT molecular complexity index is 877. The molecule has 7 heteroatoms. The number of anilines is 1. The largest absolute Gasteiger partial charge is 0.457 e. The number of amides is 1. The van der Waals surface area contributed by atoms with Gasteiger partial charge in [-0.05, 0) is 48.9 Å². The van der Waals surface area contributed by atoms with Crippen molar-refractivity contribution in [3.63, 3.8) is 0 Å². The van der Waals surface area contributed by atoms with Gasteiger partial charge in [-0.3, -0.25) is 9.89 Å². The Labute approximate surface area is 156 Å². The molecular formula is C19H20N4O2S. The summed E-state index contributed by atoms with van der Waals surface area (Å²) < 4.78 is 5.80. The van der Waals surface area contributed by atoms with Crippen molar-refractivity contribution in [2.75, 3.05) is 11.1 Å². The molecule has 0 spiro atoms. The second kappa shape index (κ2) is 8.53. The van der Waals surface area contributed by atoms with E-state index in [4.69, 9.17) is 4.74 Å². The molecule has 0 aliphatic carbocycles. The zero-order valence-corrected chi connectivity index (χ0v) is 15.5. The second-order valence-corrected chi connectivity index (χ2v) is 6.64. The van der Waals surface area contributed by atoms with Crippen LogP contribution in [0.1, 0.15) is 18.3 Å². The number of H-pyrrole nitrogens is 1. The van der Waals surface area contributed by atoms with Gasteiger partial charge in [0.05, 0.1) is 5.75 Å². The molecular weight excluding hydrogens is 348 g/mol. The Kier molecular flexibility index (Phi) is 5.91. The van der Waals surface area contributed by atoms with Gasteiger partial charge in [-0.1, -0.05) is 30.8 Å². The van der Waals surface area contributed by atoms with E-state index >= 15 is 0 Å². The Morgan fingerprint density at radius 2 is 2.00 bits per heavy atom. The van der Waals surface area contributed by atoms with Crippen molar-refractivity contribution in [1.82, 2.24) is 15.2 Å². The summed E-state index contributed by atoms with van der Waals surface area (Å²) in [5.41, 5.74) is 1.86. The maximum absolute atomic E-state index is 12.0. The number of aromatic nitrogens is 3. The third kappa shape index (κ3) is 5.10. The lowest BCUT2D eigenvalue weighted by molar-refractivity contribution is -0.113. The number of ether oxygens (including phenoxy) is 1. The van der Waals surface area contributed by atoms with E-state index in [2.05, 4.69) is 20.5 Å². The number of hydrogen-bond donors (Lipinski definition) is 2. The normalized spacial score (nSPS) is 10.5. The van der Waals surface area contributed by atoms with E-state index < -0.39 is 0 Å². The standard InChI is InChI=1S/C19H20N4O2S/c1-3-17-21-19(23-22-17)26-12-18(24)20-14-7-9-15(10-8-14)25-16-6-4-5-13(2)11-16/h4-11H,3,12H2,1-2H3,(H,20,24)(H,21,22,23). The van der Waals surface area contributed by atoms with Gasteiger partial charge in [-0.2, -0.15) is 0 Å². The molecule has 0 aliphatic rings. The minimum absolute atomic E-state index is 0.106. The van der Waals surface area contributed by atoms with E-state index in [1.54, 1.807) is 0 Å². The zero-order chi connectivity index (χ0) is 18.4. The third-order valence-corrected chi connectivity index (χ3v) is 4.39. The number of nitrogens with one attached hydrogen (secondary N) is 2. The van der Waals surface area contributed by atoms with Crippen molar-refractivity contribution < 1.29 is 9.53 Å². The van der Waals surface area contributed by atoms with E-state index in [1.807, 2.05) is 62.4 Å². The molecule has 3 rings (SSSR count). The molecule has 2 N–H and O–H groups in total. The van der Waals surface area contributed by atoms with Crippen LogP contribution in [0.5, 0.6) is 11.5 Å². The minimum Gasteiger partial charge on any atom is -0.457 e. The fourth-order valence-electron chi connectivity index (χ4n) is 2.25. The molecule has 3 aromatic rings. The molecule has 0 saturated heterocycles. The molecule has 1 heterocycles. The molecule has 0 unspecified atom stereocenters. The monoisotopic (exact) mass is 368 g/mol. The van der Waals surface area contributed by atoms with E-state index in [9.17, 15) is 4.79 Å². The van der Waals surface area contributed by atoms with Crippen molar-refractivity contribution in [1.29, 1.82) is 0 Å². The number of carbonyl (C=O) groups excluding carboxylic acids is 1. The van der Waals surface area contributed by atoms with Gasteiger partial charge in [0.15, 0.2) is 0 Å². The molecule has 0 radical (unpaired) electrons. The molecule has 26 heavy (non-hydrogen) atoms. The molecule has 1 amide bonds. The van der Waals surface area contributed by atoms with Crippen LogP contribution >= 0.6 is 11.8 Å². The fourth-order valence-corrected chi connectivity index (χ4v) is 2.87. The maximum Gasteiger partial charge on any atom is 0.234 e. The van der Waals surface area contributed by atoms with Crippen LogP contribution < -0.4 is 10.1 Å². The van der Waals surface area contributed by atoms with Gasteiger partial charge in [0.1, 0.15) is 17.3 Å². The highest BCUT2D eigenvalue weighted by Crippen LogP contribution is 2.24. The summed E-state index contributed by atoms with van der Waals surface area (Å²) in [7, 11) is 0. The number of aryl methyl sites for hydroxylation is 2. The lowest BCUT2D eigenvalue weighted by atomic mass is 10.2. The Morgan fingerprint density at radius 1 is 1.19 bits per heavy atom. The summed E-state index contributed by atoms with van der Waals surface area (Å²) in [6.45, 7) is 4.01. The molecule has 0 fully saturated rings. The summed E-state index contributed by atoms with van der Waals surface area (Å²) >= 11 is 1.30. The molecule has 1 aromatic heterocycles. The number of hydrogen-bond acceptors (Lipinski definition) is 5. The number of benzene rings is 2. The smallest absolute Gasteiger partial charge is 0.234 e. The molecule has 6 nitrogen and oxygen atoms in total. The van der Waals surface area contributed by atoms with Crippen LogP contribution in [0.3, 0.4) is 0 Å². The summed E-state index contributed by atoms with van der Waals surface area (Å²) in [6, 6.07) is 15.1. The summed E-state index contributed by atoms with van der Waals surface area (Å²) in [4.78, 5) is 16.3. The first-order chi connectivity index (χ1) is 12.6. The van der Waals surface area contributed by atoms with E-state index in [-0.39, 0.29) is 11.7 Å². The van der Waals surface area contributed by atoms with Crippen LogP contribution in [-0.2, 0) is 11.2 Å². The second-order valence-electron chi connectivity index (χ2n) is 5.70. The van der Waals surface area contributed by atoms with Crippen molar-refractivity contribution in [3.05, 3.63) is 59.9 Å². The average molecular weight is 368 g/mol. The van der Waals surface area contributed by atoms with Gasteiger partial charge in [0, 0.05) is 12.1 Å². The number of nitrogens with zero attached hydrogens (tertiary/aromatic N) is 2. The summed E-state index contributed by atoms with van der Waals surface area (Å²) in [5, 5.41) is 10.3. The van der Waals surface area contributed by atoms with Crippen LogP contribution in [0.4, 0.5) is 5.69 Å². The molecule has 0 bridgehead atoms. The van der Waals surface area contributed by atoms with E-state index in [0.717, 1.165) is 35.0 Å². The third-order valence-electron chi connectivity index (χ3n) is 3.54. The quantitative estimate of drug-likeness (QED) is 0.611. The Hall–Kier alpha value is -2.80. The fraction of sp³-hybridized carbons (Fsp3) is 0.211. The van der Waals surface area contributed by atoms with Gasteiger partial charge < -0.3 is 10.1 Å². The van der Waals surface area contributed by atoms with Crippen LogP contribution in [0.2, 0.25) is 0 Å². The van der Waals surface area contributed by atoms with Gasteiger partial charge in [0.2, 0.25) is 11.1 Å². The first-order valence-corrected chi connectivity index (χ1v) is 9.29. The average Bonchev–Trinajstić information content (AvgIpc) is 3.10. The first kappa shape index (κ1) is 18.0. The highest BCUT2D eigenvalue weighted by Gasteiger charge is 2.08. The molecule has 134 valence electrons. The van der Waals surface area contributed by atoms with Crippen LogP contribution in [0.25, 0.3) is 0 Å². The van der Waals surface area contributed by atoms with E-state index in [0.29, 0.717) is 5.16 Å². The lowest BCUT2D eigenvalue weighted by Crippen LogP contribution is -2.14.